The summed E-state index contributed by atoms with van der Waals surface area (Å²) in [4.78, 5) is 38.4. The highest BCUT2D eigenvalue weighted by Gasteiger charge is 2.41. The highest BCUT2D eigenvalue weighted by Crippen LogP contribution is 2.47. The lowest BCUT2D eigenvalue weighted by Crippen LogP contribution is -2.58. The molecule has 8 nitrogen and oxygen atoms in total. The van der Waals surface area contributed by atoms with Gasteiger partial charge in [0.25, 0.3) is 0 Å². The van der Waals surface area contributed by atoms with Gasteiger partial charge in [-0.1, -0.05) is 18.2 Å². The molecular weight excluding hydrogens is 608 g/mol. The Bertz CT molecular complexity index is 1770. The number of morpholine rings is 1. The van der Waals surface area contributed by atoms with Crippen molar-refractivity contribution in [3.8, 4) is 11.1 Å². The van der Waals surface area contributed by atoms with Crippen molar-refractivity contribution in [3.63, 3.8) is 0 Å². The quantitative estimate of drug-likeness (QED) is 0.286. The van der Waals surface area contributed by atoms with E-state index in [1.807, 2.05) is 26.8 Å². The van der Waals surface area contributed by atoms with Crippen LogP contribution in [0.3, 0.4) is 0 Å². The largest absolute Gasteiger partial charge is 0.375 e. The fourth-order valence-corrected chi connectivity index (χ4v) is 8.98. The number of nitrogens with zero attached hydrogens (tertiary/aromatic N) is 5. The van der Waals surface area contributed by atoms with Crippen LogP contribution in [-0.4, -0.2) is 88.0 Å². The first-order valence-corrected chi connectivity index (χ1v) is 16.3. The second-order valence-electron chi connectivity index (χ2n) is 12.4. The molecule has 3 aromatic rings. The molecule has 44 heavy (non-hydrogen) atoms. The number of rotatable bonds is 5. The van der Waals surface area contributed by atoms with E-state index in [1.54, 1.807) is 21.2 Å². The molecule has 0 spiro atoms. The number of amides is 1. The summed E-state index contributed by atoms with van der Waals surface area (Å²) in [5.41, 5.74) is 1.90. The fourth-order valence-electron chi connectivity index (χ4n) is 7.44. The molecule has 2 bridgehead atoms. The zero-order valence-electron chi connectivity index (χ0n) is 24.9. The molecule has 0 radical (unpaired) electrons. The average Bonchev–Trinajstić information content (AvgIpc) is 3.62. The van der Waals surface area contributed by atoms with E-state index in [0.717, 1.165) is 34.9 Å². The first-order valence-electron chi connectivity index (χ1n) is 15.0. The molecule has 1 amide bonds. The molecule has 232 valence electrons. The molecule has 3 saturated heterocycles. The minimum absolute atomic E-state index is 0.121. The molecule has 0 aliphatic carbocycles. The van der Waals surface area contributed by atoms with Gasteiger partial charge in [-0.05, 0) is 51.0 Å². The summed E-state index contributed by atoms with van der Waals surface area (Å²) < 4.78 is 37.2. The Morgan fingerprint density at radius 2 is 1.98 bits per heavy atom. The topological polar surface area (TPSA) is 70.9 Å². The summed E-state index contributed by atoms with van der Waals surface area (Å²) in [5, 5.41) is 0.626. The number of hydrogen-bond acceptors (Lipinski definition) is 7. The number of ether oxygens (including phenoxy) is 1. The van der Waals surface area contributed by atoms with Crippen LogP contribution in [0.5, 0.6) is 0 Å². The van der Waals surface area contributed by atoms with Gasteiger partial charge in [-0.3, -0.25) is 14.3 Å². The fraction of sp³-hybridized carbons (Fsp3) is 0.469. The molecule has 0 saturated carbocycles. The van der Waals surface area contributed by atoms with Crippen LogP contribution >= 0.6 is 23.4 Å². The van der Waals surface area contributed by atoms with Crippen molar-refractivity contribution in [2.24, 2.45) is 0 Å². The SMILES string of the molecule is C=CC(=O)N1C[C@H](C)N(c2nc(=O)n3c4c(c(-c5cc(Cl)c(F)cc5F)c(C)cc24)SC[C@@H]3CN2C[C@@H]3C[C@H]2CO3)C[C@H]1C. The third-order valence-corrected chi connectivity index (χ3v) is 11.1. The molecule has 0 unspecified atom stereocenters. The molecule has 3 fully saturated rings. The van der Waals surface area contributed by atoms with Gasteiger partial charge in [-0.25, -0.2) is 13.6 Å². The van der Waals surface area contributed by atoms with Gasteiger partial charge >= 0.3 is 5.69 Å². The summed E-state index contributed by atoms with van der Waals surface area (Å²) >= 11 is 7.74. The van der Waals surface area contributed by atoms with Crippen molar-refractivity contribution in [3.05, 3.63) is 63.6 Å². The average molecular weight is 642 g/mol. The zero-order chi connectivity index (χ0) is 31.0. The first kappa shape index (κ1) is 29.7. The molecule has 4 aliphatic heterocycles. The van der Waals surface area contributed by atoms with E-state index >= 15 is 4.39 Å². The Morgan fingerprint density at radius 3 is 2.68 bits per heavy atom. The second kappa shape index (κ2) is 11.1. The maximum absolute atomic E-state index is 15.4. The second-order valence-corrected chi connectivity index (χ2v) is 13.9. The molecule has 12 heteroatoms. The van der Waals surface area contributed by atoms with Gasteiger partial charge in [0.2, 0.25) is 5.91 Å². The monoisotopic (exact) mass is 641 g/mol. The number of aromatic nitrogens is 2. The van der Waals surface area contributed by atoms with Gasteiger partial charge in [0.15, 0.2) is 0 Å². The van der Waals surface area contributed by atoms with E-state index in [0.29, 0.717) is 54.9 Å². The summed E-state index contributed by atoms with van der Waals surface area (Å²) in [6.45, 7) is 12.7. The first-order chi connectivity index (χ1) is 21.0. The highest BCUT2D eigenvalue weighted by atomic mass is 35.5. The maximum Gasteiger partial charge on any atom is 0.350 e. The van der Waals surface area contributed by atoms with Crippen LogP contribution in [0.1, 0.15) is 31.9 Å². The molecular formula is C32H34ClF2N5O3S. The molecule has 2 aromatic carbocycles. The van der Waals surface area contributed by atoms with Crippen LogP contribution in [-0.2, 0) is 9.53 Å². The minimum Gasteiger partial charge on any atom is -0.375 e. The maximum atomic E-state index is 15.4. The number of benzene rings is 2. The predicted octanol–water partition coefficient (Wildman–Crippen LogP) is 5.04. The number of piperazine rings is 1. The highest BCUT2D eigenvalue weighted by molar-refractivity contribution is 7.99. The number of likely N-dealkylation sites (tertiary alicyclic amines) is 1. The lowest BCUT2D eigenvalue weighted by molar-refractivity contribution is -0.128. The number of carbonyl (C=O) groups is 1. The Balaban J connectivity index is 1.41. The zero-order valence-corrected chi connectivity index (χ0v) is 26.4. The van der Waals surface area contributed by atoms with Crippen LogP contribution in [0, 0.1) is 18.6 Å². The smallest absolute Gasteiger partial charge is 0.350 e. The van der Waals surface area contributed by atoms with E-state index < -0.39 is 11.6 Å². The van der Waals surface area contributed by atoms with Crippen molar-refractivity contribution in [1.82, 2.24) is 19.4 Å². The van der Waals surface area contributed by atoms with Crippen molar-refractivity contribution in [1.29, 1.82) is 0 Å². The number of thioether (sulfide) groups is 1. The van der Waals surface area contributed by atoms with Crippen molar-refractivity contribution >= 4 is 46.0 Å². The lowest BCUT2D eigenvalue weighted by atomic mass is 9.96. The van der Waals surface area contributed by atoms with Crippen molar-refractivity contribution in [2.75, 3.05) is 43.4 Å². The Kier molecular flexibility index (Phi) is 7.50. The van der Waals surface area contributed by atoms with Gasteiger partial charge in [0, 0.05) is 77.5 Å². The van der Waals surface area contributed by atoms with Gasteiger partial charge in [0.05, 0.1) is 29.3 Å². The van der Waals surface area contributed by atoms with Crippen LogP contribution in [0.15, 0.2) is 40.5 Å². The van der Waals surface area contributed by atoms with Gasteiger partial charge in [0.1, 0.15) is 17.5 Å². The standard InChI is InChI=1S/C32H34ClF2N5O3S/c1-5-27(41)38-10-18(4)39(11-17(38)3)31-23-6-16(2)28(22-8-24(33)26(35)9-25(22)34)30-29(23)40(32(42)36-31)20(15-44-30)12-37-13-21-7-19(37)14-43-21/h5-6,8-9,17-21H,1,7,10-15H2,2-4H3/t17-,18+,19+,20+,21+/m1/s1. The van der Waals surface area contributed by atoms with Crippen LogP contribution in [0.2, 0.25) is 5.02 Å². The number of anilines is 1. The normalized spacial score (nSPS) is 26.5. The number of halogens is 3. The summed E-state index contributed by atoms with van der Waals surface area (Å²) in [5.74, 6) is -0.517. The van der Waals surface area contributed by atoms with E-state index in [1.165, 1.54) is 12.1 Å². The van der Waals surface area contributed by atoms with E-state index in [-0.39, 0.29) is 46.4 Å². The Morgan fingerprint density at radius 1 is 1.18 bits per heavy atom. The number of carbonyl (C=O) groups excluding carboxylic acids is 1. The minimum atomic E-state index is -0.822. The summed E-state index contributed by atoms with van der Waals surface area (Å²) in [6.07, 6.45) is 2.56. The lowest BCUT2D eigenvalue weighted by Gasteiger charge is -2.45. The molecule has 0 N–H and O–H groups in total. The number of aryl methyl sites for hydroxylation is 1. The van der Waals surface area contributed by atoms with Gasteiger partial charge < -0.3 is 14.5 Å². The van der Waals surface area contributed by atoms with E-state index in [9.17, 15) is 14.0 Å². The molecule has 5 atom stereocenters. The third kappa shape index (κ3) is 4.74. The number of hydrogen-bond donors (Lipinski definition) is 0. The van der Waals surface area contributed by atoms with E-state index in [4.69, 9.17) is 21.3 Å². The molecule has 4 aliphatic rings. The van der Waals surface area contributed by atoms with Crippen LogP contribution < -0.4 is 10.6 Å². The Hall–Kier alpha value is -2.99. The third-order valence-electron chi connectivity index (χ3n) is 9.58. The summed E-state index contributed by atoms with van der Waals surface area (Å²) in [7, 11) is 0. The van der Waals surface area contributed by atoms with E-state index in [2.05, 4.69) is 16.4 Å². The summed E-state index contributed by atoms with van der Waals surface area (Å²) in [6, 6.07) is 4.03. The molecule has 7 rings (SSSR count). The van der Waals surface area contributed by atoms with Crippen LogP contribution in [0.4, 0.5) is 14.6 Å². The van der Waals surface area contributed by atoms with Gasteiger partial charge in [-0.2, -0.15) is 4.98 Å². The molecule has 5 heterocycles. The Labute approximate surface area is 263 Å². The van der Waals surface area contributed by atoms with Gasteiger partial charge in [-0.15, -0.1) is 11.8 Å². The predicted molar refractivity (Wildman–Crippen MR) is 169 cm³/mol. The van der Waals surface area contributed by atoms with Crippen molar-refractivity contribution in [2.45, 2.75) is 62.4 Å². The van der Waals surface area contributed by atoms with Crippen LogP contribution in [0.25, 0.3) is 22.0 Å². The van der Waals surface area contributed by atoms with Crippen molar-refractivity contribution < 1.29 is 18.3 Å². The number of fused-ring (bicyclic) bond motifs is 2. The molecule has 1 aromatic heterocycles.